The second-order valence-electron chi connectivity index (χ2n) is 11.1. The van der Waals surface area contributed by atoms with E-state index in [1.54, 1.807) is 37.0 Å². The van der Waals surface area contributed by atoms with Gasteiger partial charge >= 0.3 is 0 Å². The summed E-state index contributed by atoms with van der Waals surface area (Å²) in [5, 5.41) is 2.97. The molecule has 2 aromatic heterocycles. The van der Waals surface area contributed by atoms with Gasteiger partial charge in [0.15, 0.2) is 5.82 Å². The fourth-order valence-corrected chi connectivity index (χ4v) is 6.42. The van der Waals surface area contributed by atoms with E-state index in [0.29, 0.717) is 35.0 Å². The van der Waals surface area contributed by atoms with Crippen LogP contribution < -0.4 is 11.1 Å². The van der Waals surface area contributed by atoms with Crippen LogP contribution >= 0.6 is 11.8 Å². The predicted octanol–water partition coefficient (Wildman–Crippen LogP) is 5.69. The lowest BCUT2D eigenvalue weighted by Crippen LogP contribution is -2.43. The number of nitrogen functional groups attached to an aromatic ring is 1. The van der Waals surface area contributed by atoms with Crippen LogP contribution in [0.5, 0.6) is 0 Å². The molecule has 1 aliphatic heterocycles. The molecule has 41 heavy (non-hydrogen) atoms. The second kappa shape index (κ2) is 10.9. The minimum absolute atomic E-state index is 0.0408. The predicted molar refractivity (Wildman–Crippen MR) is 166 cm³/mol. The van der Waals surface area contributed by atoms with E-state index in [2.05, 4.69) is 42.9 Å². The Morgan fingerprint density at radius 1 is 1.10 bits per heavy atom. The highest BCUT2D eigenvalue weighted by molar-refractivity contribution is 7.99. The van der Waals surface area contributed by atoms with Gasteiger partial charge in [-0.05, 0) is 67.2 Å². The maximum absolute atomic E-state index is 13.0. The number of likely N-dealkylation sites (tertiary alicyclic amines) is 1. The number of nitrogens with zero attached hydrogens (tertiary/aromatic N) is 4. The zero-order valence-corrected chi connectivity index (χ0v) is 24.8. The Bertz CT molecular complexity index is 1680. The standard InChI is InChI=1S/C32H34N6O2S/c1-6-8-25(39)38-19-7-17-32(38,41-5)30-36-26(27-28(33)34-18-20-37(27)30)21-9-11-22(12-10-21)29(40)35-24-15-13-23(14-16-24)31(2,3)4/h9-16,18,20H,7,17,19H2,1-5H3,(H2,33,34)(H,35,40)/t32-/m1/s1. The van der Waals surface area contributed by atoms with E-state index in [9.17, 15) is 9.59 Å². The maximum Gasteiger partial charge on any atom is 0.299 e. The van der Waals surface area contributed by atoms with E-state index in [0.717, 1.165) is 24.1 Å². The lowest BCUT2D eigenvalue weighted by Gasteiger charge is -2.34. The largest absolute Gasteiger partial charge is 0.382 e. The third kappa shape index (κ3) is 5.16. The summed E-state index contributed by atoms with van der Waals surface area (Å²) < 4.78 is 1.93. The lowest BCUT2D eigenvalue weighted by atomic mass is 9.87. The van der Waals surface area contributed by atoms with Crippen LogP contribution in [0, 0.1) is 11.8 Å². The monoisotopic (exact) mass is 566 g/mol. The highest BCUT2D eigenvalue weighted by atomic mass is 32.2. The number of carbonyl (C=O) groups excluding carboxylic acids is 2. The second-order valence-corrected chi connectivity index (χ2v) is 12.2. The van der Waals surface area contributed by atoms with E-state index in [-0.39, 0.29) is 17.2 Å². The number of aromatic nitrogens is 3. The van der Waals surface area contributed by atoms with E-state index < -0.39 is 4.87 Å². The Morgan fingerprint density at radius 2 is 1.80 bits per heavy atom. The van der Waals surface area contributed by atoms with Gasteiger partial charge in [-0.25, -0.2) is 9.97 Å². The molecule has 3 heterocycles. The number of thioether (sulfide) groups is 1. The van der Waals surface area contributed by atoms with Crippen molar-refractivity contribution >= 4 is 40.6 Å². The van der Waals surface area contributed by atoms with Gasteiger partial charge in [-0.2, -0.15) is 0 Å². The number of carbonyl (C=O) groups is 2. The van der Waals surface area contributed by atoms with Crippen molar-refractivity contribution in [2.24, 2.45) is 0 Å². The summed E-state index contributed by atoms with van der Waals surface area (Å²) >= 11 is 1.57. The van der Waals surface area contributed by atoms with Gasteiger partial charge in [0.05, 0.1) is 0 Å². The Labute approximate surface area is 244 Å². The minimum Gasteiger partial charge on any atom is -0.382 e. The molecule has 4 aromatic rings. The molecular weight excluding hydrogens is 532 g/mol. The molecule has 3 N–H and O–H groups in total. The summed E-state index contributed by atoms with van der Waals surface area (Å²) in [4.78, 5) is 36.5. The minimum atomic E-state index is -0.696. The van der Waals surface area contributed by atoms with Crippen molar-refractivity contribution in [3.05, 3.63) is 77.9 Å². The third-order valence-electron chi connectivity index (χ3n) is 7.51. The first kappa shape index (κ1) is 28.2. The molecule has 0 aliphatic carbocycles. The van der Waals surface area contributed by atoms with Crippen LogP contribution in [0.3, 0.4) is 0 Å². The molecule has 2 aromatic carbocycles. The first-order valence-electron chi connectivity index (χ1n) is 13.5. The summed E-state index contributed by atoms with van der Waals surface area (Å²) in [5.41, 5.74) is 11.0. The van der Waals surface area contributed by atoms with Gasteiger partial charge in [0.2, 0.25) is 0 Å². The van der Waals surface area contributed by atoms with Gasteiger partial charge < -0.3 is 16.0 Å². The van der Waals surface area contributed by atoms with Gasteiger partial charge in [0.1, 0.15) is 21.9 Å². The SMILES string of the molecule is CC#CC(=O)N1CCC[C@@]1(SC)c1nc(-c2ccc(C(=O)Nc3ccc(C(C)(C)C)cc3)cc2)c2c(N)nccn12. The fourth-order valence-electron chi connectivity index (χ4n) is 5.35. The molecule has 0 spiro atoms. The summed E-state index contributed by atoms with van der Waals surface area (Å²) in [6.45, 7) is 8.73. The van der Waals surface area contributed by atoms with Crippen molar-refractivity contribution in [3.8, 4) is 23.1 Å². The molecule has 1 aliphatic rings. The molecule has 2 amide bonds. The quantitative estimate of drug-likeness (QED) is 0.301. The van der Waals surface area contributed by atoms with Crippen LogP contribution in [0.15, 0.2) is 60.9 Å². The molecule has 8 nitrogen and oxygen atoms in total. The molecule has 0 unspecified atom stereocenters. The van der Waals surface area contributed by atoms with Crippen LogP contribution in [0.1, 0.15) is 62.3 Å². The Morgan fingerprint density at radius 3 is 2.44 bits per heavy atom. The number of nitrogens with two attached hydrogens (primary N) is 1. The van der Waals surface area contributed by atoms with Gasteiger partial charge in [0.25, 0.3) is 11.8 Å². The Hall–Kier alpha value is -4.29. The first-order valence-corrected chi connectivity index (χ1v) is 14.8. The fraction of sp³-hybridized carbons (Fsp3) is 0.312. The van der Waals surface area contributed by atoms with E-state index in [1.807, 2.05) is 58.2 Å². The van der Waals surface area contributed by atoms with Crippen LogP contribution in [0.25, 0.3) is 16.8 Å². The average Bonchev–Trinajstić information content (AvgIpc) is 3.57. The molecule has 1 fully saturated rings. The van der Waals surface area contributed by atoms with Crippen LogP contribution in [0.4, 0.5) is 11.5 Å². The molecular formula is C32H34N6O2S. The van der Waals surface area contributed by atoms with Gasteiger partial charge in [-0.1, -0.05) is 51.0 Å². The van der Waals surface area contributed by atoms with Crippen molar-refractivity contribution in [2.45, 2.75) is 50.8 Å². The third-order valence-corrected chi connectivity index (χ3v) is 8.79. The van der Waals surface area contributed by atoms with Crippen molar-refractivity contribution in [2.75, 3.05) is 23.9 Å². The number of nitrogens with one attached hydrogen (secondary N) is 1. The normalized spacial score (nSPS) is 16.9. The number of fused-ring (bicyclic) bond motifs is 1. The number of benzene rings is 2. The van der Waals surface area contributed by atoms with Crippen LogP contribution in [0.2, 0.25) is 0 Å². The number of rotatable bonds is 5. The van der Waals surface area contributed by atoms with E-state index >= 15 is 0 Å². The number of hydrogen-bond donors (Lipinski definition) is 2. The van der Waals surface area contributed by atoms with Crippen molar-refractivity contribution in [1.29, 1.82) is 0 Å². The molecule has 5 rings (SSSR count). The molecule has 0 radical (unpaired) electrons. The van der Waals surface area contributed by atoms with Gasteiger partial charge in [0, 0.05) is 35.8 Å². The summed E-state index contributed by atoms with van der Waals surface area (Å²) in [6.07, 6.45) is 7.03. The van der Waals surface area contributed by atoms with E-state index in [1.165, 1.54) is 5.56 Å². The average molecular weight is 567 g/mol. The van der Waals surface area contributed by atoms with Crippen molar-refractivity contribution in [1.82, 2.24) is 19.3 Å². The zero-order valence-electron chi connectivity index (χ0n) is 24.0. The smallest absolute Gasteiger partial charge is 0.299 e. The van der Waals surface area contributed by atoms with Gasteiger partial charge in [-0.3, -0.25) is 14.0 Å². The number of hydrogen-bond acceptors (Lipinski definition) is 6. The summed E-state index contributed by atoms with van der Waals surface area (Å²) in [5.74, 6) is 6.05. The van der Waals surface area contributed by atoms with E-state index in [4.69, 9.17) is 10.7 Å². The maximum atomic E-state index is 13.0. The zero-order chi connectivity index (χ0) is 29.4. The molecule has 1 atom stereocenters. The molecule has 0 saturated carbocycles. The highest BCUT2D eigenvalue weighted by Gasteiger charge is 2.48. The summed E-state index contributed by atoms with van der Waals surface area (Å²) in [6, 6.07) is 15.2. The Kier molecular flexibility index (Phi) is 7.54. The first-order chi connectivity index (χ1) is 19.6. The van der Waals surface area contributed by atoms with Crippen LogP contribution in [-0.4, -0.2) is 43.9 Å². The van der Waals surface area contributed by atoms with Crippen LogP contribution in [-0.2, 0) is 15.1 Å². The summed E-state index contributed by atoms with van der Waals surface area (Å²) in [7, 11) is 0. The molecule has 1 saturated heterocycles. The highest BCUT2D eigenvalue weighted by Crippen LogP contribution is 2.47. The molecule has 9 heteroatoms. The molecule has 0 bridgehead atoms. The van der Waals surface area contributed by atoms with Gasteiger partial charge in [-0.15, -0.1) is 11.8 Å². The number of amides is 2. The Balaban J connectivity index is 1.49. The lowest BCUT2D eigenvalue weighted by molar-refractivity contribution is -0.127. The number of anilines is 2. The van der Waals surface area contributed by atoms with Crippen molar-refractivity contribution < 1.29 is 9.59 Å². The molecule has 210 valence electrons. The number of imidazole rings is 1. The van der Waals surface area contributed by atoms with Crippen molar-refractivity contribution in [3.63, 3.8) is 0 Å². The topological polar surface area (TPSA) is 106 Å².